The van der Waals surface area contributed by atoms with Crippen molar-refractivity contribution in [3.05, 3.63) is 47.5 Å². The van der Waals surface area contributed by atoms with Crippen molar-refractivity contribution >= 4 is 5.97 Å². The lowest BCUT2D eigenvalue weighted by molar-refractivity contribution is -0.138. The van der Waals surface area contributed by atoms with E-state index >= 15 is 0 Å². The average molecular weight is 246 g/mol. The SMILES string of the molecule is CCOC(=O)/C(C)=C/CCCCc1ccccc1. The van der Waals surface area contributed by atoms with Crippen LogP contribution in [0.5, 0.6) is 0 Å². The number of carbonyl (C=O) groups excluding carboxylic acids is 1. The summed E-state index contributed by atoms with van der Waals surface area (Å²) in [7, 11) is 0. The van der Waals surface area contributed by atoms with E-state index in [0.29, 0.717) is 6.61 Å². The molecular weight excluding hydrogens is 224 g/mol. The van der Waals surface area contributed by atoms with Gasteiger partial charge in [-0.2, -0.15) is 0 Å². The van der Waals surface area contributed by atoms with Crippen molar-refractivity contribution in [3.63, 3.8) is 0 Å². The molecule has 0 aromatic heterocycles. The van der Waals surface area contributed by atoms with Gasteiger partial charge in [0.05, 0.1) is 6.61 Å². The molecule has 0 aliphatic rings. The highest BCUT2D eigenvalue weighted by Gasteiger charge is 2.02. The molecule has 18 heavy (non-hydrogen) atoms. The second-order valence-corrected chi connectivity index (χ2v) is 4.34. The maximum absolute atomic E-state index is 11.3. The van der Waals surface area contributed by atoms with Crippen LogP contribution in [0.25, 0.3) is 0 Å². The molecule has 2 heteroatoms. The summed E-state index contributed by atoms with van der Waals surface area (Å²) in [6, 6.07) is 10.5. The highest BCUT2D eigenvalue weighted by atomic mass is 16.5. The molecule has 98 valence electrons. The normalized spacial score (nSPS) is 11.3. The second-order valence-electron chi connectivity index (χ2n) is 4.34. The van der Waals surface area contributed by atoms with Gasteiger partial charge in [-0.1, -0.05) is 36.4 Å². The first-order chi connectivity index (χ1) is 8.74. The summed E-state index contributed by atoms with van der Waals surface area (Å²) >= 11 is 0. The molecule has 0 N–H and O–H groups in total. The van der Waals surface area contributed by atoms with Crippen molar-refractivity contribution in [1.29, 1.82) is 0 Å². The maximum Gasteiger partial charge on any atom is 0.333 e. The highest BCUT2D eigenvalue weighted by Crippen LogP contribution is 2.08. The first-order valence-corrected chi connectivity index (χ1v) is 6.62. The Morgan fingerprint density at radius 2 is 1.94 bits per heavy atom. The number of esters is 1. The molecule has 0 fully saturated rings. The lowest BCUT2D eigenvalue weighted by Gasteiger charge is -2.02. The number of hydrogen-bond acceptors (Lipinski definition) is 2. The fourth-order valence-corrected chi connectivity index (χ4v) is 1.76. The lowest BCUT2D eigenvalue weighted by Crippen LogP contribution is -2.04. The fraction of sp³-hybridized carbons (Fsp3) is 0.438. The molecule has 0 aliphatic heterocycles. The van der Waals surface area contributed by atoms with E-state index in [1.807, 2.05) is 26.0 Å². The molecular formula is C16H22O2. The third-order valence-corrected chi connectivity index (χ3v) is 2.81. The van der Waals surface area contributed by atoms with Crippen molar-refractivity contribution in [2.45, 2.75) is 39.5 Å². The molecule has 0 saturated heterocycles. The maximum atomic E-state index is 11.3. The van der Waals surface area contributed by atoms with Gasteiger partial charge in [0.2, 0.25) is 0 Å². The molecule has 2 nitrogen and oxygen atoms in total. The predicted molar refractivity (Wildman–Crippen MR) is 74.4 cm³/mol. The Morgan fingerprint density at radius 1 is 1.22 bits per heavy atom. The van der Waals surface area contributed by atoms with Gasteiger partial charge in [-0.25, -0.2) is 4.79 Å². The van der Waals surface area contributed by atoms with Crippen LogP contribution >= 0.6 is 0 Å². The minimum atomic E-state index is -0.194. The van der Waals surface area contributed by atoms with Crippen LogP contribution in [-0.2, 0) is 16.0 Å². The topological polar surface area (TPSA) is 26.3 Å². The summed E-state index contributed by atoms with van der Waals surface area (Å²) < 4.78 is 4.92. The van der Waals surface area contributed by atoms with E-state index in [0.717, 1.165) is 31.3 Å². The molecule has 0 amide bonds. The van der Waals surface area contributed by atoms with Crippen LogP contribution in [0, 0.1) is 0 Å². The van der Waals surface area contributed by atoms with Gasteiger partial charge in [0.15, 0.2) is 0 Å². The zero-order valence-corrected chi connectivity index (χ0v) is 11.3. The molecule has 0 saturated carbocycles. The largest absolute Gasteiger partial charge is 0.463 e. The van der Waals surface area contributed by atoms with Crippen LogP contribution in [0.2, 0.25) is 0 Å². The van der Waals surface area contributed by atoms with E-state index in [1.165, 1.54) is 5.56 Å². The molecule has 1 aromatic carbocycles. The zero-order valence-electron chi connectivity index (χ0n) is 11.3. The number of aryl methyl sites for hydroxylation is 1. The molecule has 0 atom stereocenters. The van der Waals surface area contributed by atoms with Gasteiger partial charge in [-0.05, 0) is 45.1 Å². The zero-order chi connectivity index (χ0) is 13.2. The van der Waals surface area contributed by atoms with Crippen LogP contribution < -0.4 is 0 Å². The second kappa shape index (κ2) is 8.51. The molecule has 0 bridgehead atoms. The van der Waals surface area contributed by atoms with E-state index in [2.05, 4.69) is 24.3 Å². The smallest absolute Gasteiger partial charge is 0.333 e. The van der Waals surface area contributed by atoms with Gasteiger partial charge in [0.1, 0.15) is 0 Å². The number of unbranched alkanes of at least 4 members (excludes halogenated alkanes) is 2. The first kappa shape index (κ1) is 14.5. The van der Waals surface area contributed by atoms with Crippen LogP contribution in [0.1, 0.15) is 38.7 Å². The Kier molecular flexibility index (Phi) is 6.85. The van der Waals surface area contributed by atoms with Gasteiger partial charge in [-0.3, -0.25) is 0 Å². The van der Waals surface area contributed by atoms with Gasteiger partial charge in [-0.15, -0.1) is 0 Å². The summed E-state index contributed by atoms with van der Waals surface area (Å²) in [6.45, 7) is 4.08. The molecule has 1 rings (SSSR count). The lowest BCUT2D eigenvalue weighted by atomic mass is 10.1. The van der Waals surface area contributed by atoms with Crippen molar-refractivity contribution in [1.82, 2.24) is 0 Å². The van der Waals surface area contributed by atoms with Gasteiger partial charge >= 0.3 is 5.97 Å². The number of rotatable bonds is 7. The number of carbonyl (C=O) groups is 1. The Labute approximate surface area is 110 Å². The third-order valence-electron chi connectivity index (χ3n) is 2.81. The van der Waals surface area contributed by atoms with Crippen molar-refractivity contribution < 1.29 is 9.53 Å². The quantitative estimate of drug-likeness (QED) is 0.414. The summed E-state index contributed by atoms with van der Waals surface area (Å²) in [5, 5.41) is 0. The van der Waals surface area contributed by atoms with E-state index in [9.17, 15) is 4.79 Å². The molecule has 0 aliphatic carbocycles. The van der Waals surface area contributed by atoms with Crippen LogP contribution in [0.15, 0.2) is 42.0 Å². The number of benzene rings is 1. The van der Waals surface area contributed by atoms with Crippen molar-refractivity contribution in [3.8, 4) is 0 Å². The Balaban J connectivity index is 2.18. The van der Waals surface area contributed by atoms with Crippen LogP contribution in [0.3, 0.4) is 0 Å². The minimum Gasteiger partial charge on any atom is -0.463 e. The Bertz CT molecular complexity index is 379. The summed E-state index contributed by atoms with van der Waals surface area (Å²) in [4.78, 5) is 11.3. The molecule has 0 unspecified atom stereocenters. The fourth-order valence-electron chi connectivity index (χ4n) is 1.76. The monoisotopic (exact) mass is 246 g/mol. The van der Waals surface area contributed by atoms with Gasteiger partial charge in [0, 0.05) is 5.57 Å². The Morgan fingerprint density at radius 3 is 2.61 bits per heavy atom. The summed E-state index contributed by atoms with van der Waals surface area (Å²) in [6.07, 6.45) is 6.27. The molecule has 0 spiro atoms. The molecule has 0 radical (unpaired) electrons. The molecule has 1 aromatic rings. The van der Waals surface area contributed by atoms with Gasteiger partial charge in [0.25, 0.3) is 0 Å². The Hall–Kier alpha value is -1.57. The number of hydrogen-bond donors (Lipinski definition) is 0. The highest BCUT2D eigenvalue weighted by molar-refractivity contribution is 5.87. The van der Waals surface area contributed by atoms with E-state index in [4.69, 9.17) is 4.74 Å². The van der Waals surface area contributed by atoms with Crippen LogP contribution in [0.4, 0.5) is 0 Å². The first-order valence-electron chi connectivity index (χ1n) is 6.62. The van der Waals surface area contributed by atoms with Crippen molar-refractivity contribution in [2.75, 3.05) is 6.61 Å². The predicted octanol–water partition coefficient (Wildman–Crippen LogP) is 3.91. The standard InChI is InChI=1S/C16H22O2/c1-3-18-16(17)14(2)10-6-4-7-11-15-12-8-5-9-13-15/h5,8-10,12-13H,3-4,6-7,11H2,1-2H3/b14-10+. The molecule has 0 heterocycles. The van der Waals surface area contributed by atoms with Crippen LogP contribution in [-0.4, -0.2) is 12.6 Å². The van der Waals surface area contributed by atoms with E-state index in [1.54, 1.807) is 0 Å². The minimum absolute atomic E-state index is 0.194. The summed E-state index contributed by atoms with van der Waals surface area (Å²) in [5.74, 6) is -0.194. The van der Waals surface area contributed by atoms with E-state index < -0.39 is 0 Å². The average Bonchev–Trinajstić information content (AvgIpc) is 2.39. The van der Waals surface area contributed by atoms with E-state index in [-0.39, 0.29) is 5.97 Å². The third kappa shape index (κ3) is 5.67. The van der Waals surface area contributed by atoms with Crippen molar-refractivity contribution in [2.24, 2.45) is 0 Å². The summed E-state index contributed by atoms with van der Waals surface area (Å²) in [5.41, 5.74) is 2.10. The number of allylic oxidation sites excluding steroid dienone is 1. The number of ether oxygens (including phenoxy) is 1. The van der Waals surface area contributed by atoms with Gasteiger partial charge < -0.3 is 4.74 Å².